The van der Waals surface area contributed by atoms with Gasteiger partial charge in [-0.05, 0) is 38.2 Å². The molecule has 1 fully saturated rings. The van der Waals surface area contributed by atoms with Crippen LogP contribution in [0, 0.1) is 0 Å². The van der Waals surface area contributed by atoms with E-state index in [1.165, 1.54) is 11.8 Å². The third-order valence-electron chi connectivity index (χ3n) is 3.99. The van der Waals surface area contributed by atoms with E-state index in [1.54, 1.807) is 0 Å². The van der Waals surface area contributed by atoms with Gasteiger partial charge >= 0.3 is 0 Å². The van der Waals surface area contributed by atoms with Gasteiger partial charge in [-0.2, -0.15) is 0 Å². The minimum absolute atomic E-state index is 0.0119. The van der Waals surface area contributed by atoms with Crippen molar-refractivity contribution in [2.75, 3.05) is 51.3 Å². The van der Waals surface area contributed by atoms with Gasteiger partial charge in [-0.15, -0.1) is 0 Å². The Kier molecular flexibility index (Phi) is 5.98. The molecule has 0 radical (unpaired) electrons. The van der Waals surface area contributed by atoms with Crippen LogP contribution in [0.25, 0.3) is 0 Å². The summed E-state index contributed by atoms with van der Waals surface area (Å²) in [6, 6.07) is 7.25. The van der Waals surface area contributed by atoms with Crippen molar-refractivity contribution in [1.29, 1.82) is 0 Å². The van der Waals surface area contributed by atoms with Crippen LogP contribution in [-0.2, 0) is 9.59 Å². The fourth-order valence-electron chi connectivity index (χ4n) is 2.56. The van der Waals surface area contributed by atoms with E-state index in [0.29, 0.717) is 25.4 Å². The van der Waals surface area contributed by atoms with Crippen molar-refractivity contribution in [2.45, 2.75) is 13.8 Å². The largest absolute Gasteiger partial charge is 0.494 e. The summed E-state index contributed by atoms with van der Waals surface area (Å²) in [5.74, 6) is 0.601. The van der Waals surface area contributed by atoms with Crippen LogP contribution in [0.4, 0.5) is 5.69 Å². The Labute approximate surface area is 137 Å². The summed E-state index contributed by atoms with van der Waals surface area (Å²) in [5, 5.41) is 0. The second kappa shape index (κ2) is 7.97. The smallest absolute Gasteiger partial charge is 0.242 e. The lowest BCUT2D eigenvalue weighted by Gasteiger charge is -2.33. The van der Waals surface area contributed by atoms with Crippen LogP contribution in [0.2, 0.25) is 0 Å². The summed E-state index contributed by atoms with van der Waals surface area (Å²) in [4.78, 5) is 29.9. The maximum atomic E-state index is 12.5. The van der Waals surface area contributed by atoms with E-state index in [1.807, 2.05) is 43.1 Å². The van der Waals surface area contributed by atoms with Crippen LogP contribution in [0.3, 0.4) is 0 Å². The number of rotatable bonds is 5. The number of carbonyl (C=O) groups excluding carboxylic acids is 2. The van der Waals surface area contributed by atoms with E-state index < -0.39 is 0 Å². The minimum atomic E-state index is -0.142. The molecule has 0 spiro atoms. The summed E-state index contributed by atoms with van der Waals surface area (Å²) in [6.07, 6.45) is 0. The van der Waals surface area contributed by atoms with Gasteiger partial charge in [0.2, 0.25) is 11.8 Å². The molecule has 1 aromatic rings. The highest BCUT2D eigenvalue weighted by Crippen LogP contribution is 2.20. The van der Waals surface area contributed by atoms with Gasteiger partial charge in [-0.25, -0.2) is 0 Å². The van der Waals surface area contributed by atoms with Crippen LogP contribution in [0.5, 0.6) is 5.75 Å². The molecule has 2 amide bonds. The lowest BCUT2D eigenvalue weighted by molar-refractivity contribution is -0.132. The fraction of sp³-hybridized carbons (Fsp3) is 0.529. The van der Waals surface area contributed by atoms with Crippen molar-refractivity contribution < 1.29 is 14.3 Å². The molecule has 0 unspecified atom stereocenters. The molecule has 1 aliphatic rings. The van der Waals surface area contributed by atoms with Gasteiger partial charge in [0.15, 0.2) is 0 Å². The molecule has 0 bridgehead atoms. The average molecular weight is 319 g/mol. The quantitative estimate of drug-likeness (QED) is 0.819. The molecule has 0 aliphatic carbocycles. The first kappa shape index (κ1) is 17.3. The van der Waals surface area contributed by atoms with E-state index in [9.17, 15) is 9.59 Å². The van der Waals surface area contributed by atoms with Gasteiger partial charge in [0.1, 0.15) is 12.3 Å². The summed E-state index contributed by atoms with van der Waals surface area (Å²) < 4.78 is 5.40. The number of hydrogen-bond acceptors (Lipinski definition) is 4. The number of ether oxygens (including phenoxy) is 1. The average Bonchev–Trinajstić information content (AvgIpc) is 2.54. The zero-order valence-electron chi connectivity index (χ0n) is 14.1. The molecule has 0 aromatic heterocycles. The Morgan fingerprint density at radius 3 is 2.26 bits per heavy atom. The molecule has 0 saturated carbocycles. The lowest BCUT2D eigenvalue weighted by Crippen LogP contribution is -2.50. The summed E-state index contributed by atoms with van der Waals surface area (Å²) in [6.45, 7) is 7.24. The topological polar surface area (TPSA) is 53.1 Å². The van der Waals surface area contributed by atoms with Crippen molar-refractivity contribution >= 4 is 17.5 Å². The predicted molar refractivity (Wildman–Crippen MR) is 89.7 cm³/mol. The summed E-state index contributed by atoms with van der Waals surface area (Å²) in [7, 11) is 2.05. The van der Waals surface area contributed by atoms with Crippen LogP contribution in [0.15, 0.2) is 24.3 Å². The van der Waals surface area contributed by atoms with Crippen LogP contribution < -0.4 is 9.64 Å². The van der Waals surface area contributed by atoms with E-state index in [2.05, 4.69) is 4.90 Å². The number of amides is 2. The maximum Gasteiger partial charge on any atom is 0.242 e. The van der Waals surface area contributed by atoms with E-state index in [0.717, 1.165) is 18.8 Å². The molecule has 0 N–H and O–H groups in total. The molecular formula is C17H25N3O3. The molecule has 1 aromatic carbocycles. The Hall–Kier alpha value is -2.08. The third-order valence-corrected chi connectivity index (χ3v) is 3.99. The molecule has 1 heterocycles. The predicted octanol–water partition coefficient (Wildman–Crippen LogP) is 1.21. The highest BCUT2D eigenvalue weighted by molar-refractivity contribution is 5.97. The number of nitrogens with zero attached hydrogens (tertiary/aromatic N) is 3. The highest BCUT2D eigenvalue weighted by Gasteiger charge is 2.23. The van der Waals surface area contributed by atoms with Crippen LogP contribution >= 0.6 is 0 Å². The first-order valence-corrected chi connectivity index (χ1v) is 7.98. The van der Waals surface area contributed by atoms with Crippen molar-refractivity contribution in [3.05, 3.63) is 24.3 Å². The number of likely N-dealkylation sites (N-methyl/N-ethyl adjacent to an activating group) is 1. The zero-order valence-corrected chi connectivity index (χ0v) is 14.1. The van der Waals surface area contributed by atoms with Gasteiger partial charge in [0.25, 0.3) is 0 Å². The second-order valence-corrected chi connectivity index (χ2v) is 5.72. The summed E-state index contributed by atoms with van der Waals surface area (Å²) >= 11 is 0. The number of piperazine rings is 1. The fourth-order valence-corrected chi connectivity index (χ4v) is 2.56. The molecule has 1 aliphatic heterocycles. The van der Waals surface area contributed by atoms with Gasteiger partial charge in [0, 0.05) is 38.8 Å². The zero-order chi connectivity index (χ0) is 16.8. The Morgan fingerprint density at radius 1 is 1.13 bits per heavy atom. The van der Waals surface area contributed by atoms with Crippen LogP contribution in [-0.4, -0.2) is 68.0 Å². The molecule has 23 heavy (non-hydrogen) atoms. The molecule has 6 nitrogen and oxygen atoms in total. The van der Waals surface area contributed by atoms with Gasteiger partial charge in [0.05, 0.1) is 6.61 Å². The first-order valence-electron chi connectivity index (χ1n) is 7.98. The number of hydrogen-bond donors (Lipinski definition) is 0. The Bertz CT molecular complexity index is 537. The van der Waals surface area contributed by atoms with Crippen molar-refractivity contribution in [3.8, 4) is 5.75 Å². The molecule has 6 heteroatoms. The Morgan fingerprint density at radius 2 is 1.74 bits per heavy atom. The second-order valence-electron chi connectivity index (χ2n) is 5.72. The van der Waals surface area contributed by atoms with Crippen LogP contribution in [0.1, 0.15) is 13.8 Å². The van der Waals surface area contributed by atoms with Crippen molar-refractivity contribution in [1.82, 2.24) is 9.80 Å². The third kappa shape index (κ3) is 4.69. The van der Waals surface area contributed by atoms with Gasteiger partial charge in [-0.3, -0.25) is 9.59 Å². The minimum Gasteiger partial charge on any atom is -0.494 e. The van der Waals surface area contributed by atoms with Gasteiger partial charge in [-0.1, -0.05) is 0 Å². The first-order chi connectivity index (χ1) is 11.0. The monoisotopic (exact) mass is 319 g/mol. The number of carbonyl (C=O) groups is 2. The Balaban J connectivity index is 2.03. The SMILES string of the molecule is CCOc1ccc(N(CC(=O)N2CCN(C)CC2)C(C)=O)cc1. The van der Waals surface area contributed by atoms with E-state index >= 15 is 0 Å². The number of benzene rings is 1. The molecule has 2 rings (SSSR count). The normalized spacial score (nSPS) is 15.3. The van der Waals surface area contributed by atoms with Gasteiger partial charge < -0.3 is 19.4 Å². The molecule has 0 atom stereocenters. The van der Waals surface area contributed by atoms with E-state index in [4.69, 9.17) is 4.74 Å². The van der Waals surface area contributed by atoms with Crippen molar-refractivity contribution in [3.63, 3.8) is 0 Å². The summed E-state index contributed by atoms with van der Waals surface area (Å²) in [5.41, 5.74) is 0.712. The lowest BCUT2D eigenvalue weighted by atomic mass is 10.2. The standard InChI is InChI=1S/C17H25N3O3/c1-4-23-16-7-5-15(6-8-16)20(14(2)21)13-17(22)19-11-9-18(3)10-12-19/h5-8H,4,9-13H2,1-3H3. The molecular weight excluding hydrogens is 294 g/mol. The highest BCUT2D eigenvalue weighted by atomic mass is 16.5. The molecule has 1 saturated heterocycles. The molecule has 126 valence electrons. The number of anilines is 1. The van der Waals surface area contributed by atoms with Crippen molar-refractivity contribution in [2.24, 2.45) is 0 Å². The maximum absolute atomic E-state index is 12.5. The van der Waals surface area contributed by atoms with E-state index in [-0.39, 0.29) is 18.4 Å².